The van der Waals surface area contributed by atoms with Crippen LogP contribution in [0.1, 0.15) is 32.1 Å². The van der Waals surface area contributed by atoms with Crippen molar-refractivity contribution in [3.05, 3.63) is 6.42 Å². The Morgan fingerprint density at radius 1 is 1.00 bits per heavy atom. The molecule has 0 aromatic rings. The third-order valence-electron chi connectivity index (χ3n) is 1.32. The van der Waals surface area contributed by atoms with E-state index in [-0.39, 0.29) is 0 Å². The summed E-state index contributed by atoms with van der Waals surface area (Å²) in [5, 5.41) is 0. The van der Waals surface area contributed by atoms with Crippen LogP contribution in [-0.4, -0.2) is 15.4 Å². The SMILES string of the molecule is [CH]1CCCCC1.[Cl][GaH][Cl]. The number of halogens is 2. The van der Waals surface area contributed by atoms with E-state index >= 15 is 0 Å². The number of hydrogen-bond acceptors (Lipinski definition) is 0. The summed E-state index contributed by atoms with van der Waals surface area (Å²) in [6.45, 7) is 0. The van der Waals surface area contributed by atoms with Crippen LogP contribution >= 0.6 is 19.3 Å². The second kappa shape index (κ2) is 9.22. The van der Waals surface area contributed by atoms with Gasteiger partial charge in [0.05, 0.1) is 0 Å². The van der Waals surface area contributed by atoms with Gasteiger partial charge in [-0.2, -0.15) is 0 Å². The van der Waals surface area contributed by atoms with Crippen LogP contribution in [0.2, 0.25) is 0 Å². The van der Waals surface area contributed by atoms with Crippen molar-refractivity contribution in [2.24, 2.45) is 0 Å². The first-order valence-electron chi connectivity index (χ1n) is 3.35. The summed E-state index contributed by atoms with van der Waals surface area (Å²) in [7, 11) is 9.90. The monoisotopic (exact) mass is 223 g/mol. The molecule has 0 aromatic heterocycles. The van der Waals surface area contributed by atoms with Gasteiger partial charge in [0, 0.05) is 0 Å². The predicted molar refractivity (Wildman–Crippen MR) is 46.2 cm³/mol. The average Bonchev–Trinajstić information content (AvgIpc) is 1.93. The van der Waals surface area contributed by atoms with E-state index in [1.54, 1.807) is 0 Å². The Balaban J connectivity index is 0.000000187. The van der Waals surface area contributed by atoms with Crippen LogP contribution in [0, 0.1) is 6.42 Å². The third kappa shape index (κ3) is 9.22. The molecule has 3 heteroatoms. The van der Waals surface area contributed by atoms with Gasteiger partial charge in [0.15, 0.2) is 0 Å². The van der Waals surface area contributed by atoms with Gasteiger partial charge in [-0.15, -0.1) is 0 Å². The molecule has 1 fully saturated rings. The van der Waals surface area contributed by atoms with Crippen molar-refractivity contribution >= 4 is 34.7 Å². The Morgan fingerprint density at radius 3 is 1.56 bits per heavy atom. The van der Waals surface area contributed by atoms with Gasteiger partial charge in [-0.05, 0) is 6.42 Å². The van der Waals surface area contributed by atoms with E-state index in [4.69, 9.17) is 19.3 Å². The van der Waals surface area contributed by atoms with Gasteiger partial charge in [0.2, 0.25) is 0 Å². The van der Waals surface area contributed by atoms with Crippen LogP contribution in [0.3, 0.4) is 0 Å². The van der Waals surface area contributed by atoms with Crippen molar-refractivity contribution in [1.29, 1.82) is 0 Å². The van der Waals surface area contributed by atoms with E-state index in [0.29, 0.717) is 0 Å². The zero-order valence-electron chi connectivity index (χ0n) is 5.58. The summed E-state index contributed by atoms with van der Waals surface area (Å²) in [6.07, 6.45) is 9.50. The molecule has 0 aromatic carbocycles. The first kappa shape index (κ1) is 10.2. The summed E-state index contributed by atoms with van der Waals surface area (Å²) in [5.41, 5.74) is 0. The fraction of sp³-hybridized carbons (Fsp3) is 0.833. The van der Waals surface area contributed by atoms with Crippen molar-refractivity contribution in [3.63, 3.8) is 0 Å². The fourth-order valence-electron chi connectivity index (χ4n) is 0.898. The molecule has 0 nitrogen and oxygen atoms in total. The van der Waals surface area contributed by atoms with Crippen molar-refractivity contribution in [1.82, 2.24) is 0 Å². The van der Waals surface area contributed by atoms with Crippen LogP contribution in [0.4, 0.5) is 0 Å². The molecule has 0 unspecified atom stereocenters. The standard InChI is InChI=1S/C6H11.2ClH.Ga.H/c1-2-4-6-5-3-1;;;;/h1H,2-6H2;2*1H;;/q;;;+2;/p-2. The molecule has 9 heavy (non-hydrogen) atoms. The third-order valence-corrected chi connectivity index (χ3v) is 1.32. The van der Waals surface area contributed by atoms with Crippen molar-refractivity contribution in [2.45, 2.75) is 32.1 Å². The molecule has 0 N–H and O–H groups in total. The maximum atomic E-state index is 4.95. The van der Waals surface area contributed by atoms with Gasteiger partial charge in [0.1, 0.15) is 0 Å². The van der Waals surface area contributed by atoms with Crippen molar-refractivity contribution < 1.29 is 0 Å². The Hall–Kier alpha value is 1.22. The zero-order chi connectivity index (χ0) is 6.95. The molecule has 0 atom stereocenters. The Bertz CT molecular complexity index is 34.8. The molecule has 1 saturated carbocycles. The van der Waals surface area contributed by atoms with Gasteiger partial charge in [-0.25, -0.2) is 0 Å². The molecule has 0 saturated heterocycles. The molecule has 53 valence electrons. The van der Waals surface area contributed by atoms with Gasteiger partial charge < -0.3 is 0 Å². The van der Waals surface area contributed by atoms with E-state index in [1.807, 2.05) is 0 Å². The molecule has 1 aliphatic carbocycles. The van der Waals surface area contributed by atoms with Crippen LogP contribution in [0.25, 0.3) is 0 Å². The van der Waals surface area contributed by atoms with Crippen molar-refractivity contribution in [3.8, 4) is 0 Å². The second-order valence-electron chi connectivity index (χ2n) is 2.03. The van der Waals surface area contributed by atoms with E-state index in [1.165, 1.54) is 32.1 Å². The molecule has 1 radical (unpaired) electrons. The molecule has 1 aliphatic rings. The van der Waals surface area contributed by atoms with Gasteiger partial charge in [-0.3, -0.25) is 0 Å². The molecular weight excluding hydrogens is 213 g/mol. The molecule has 0 heterocycles. The van der Waals surface area contributed by atoms with Crippen LogP contribution < -0.4 is 0 Å². The summed E-state index contributed by atoms with van der Waals surface area (Å²) in [6, 6.07) is 0. The summed E-state index contributed by atoms with van der Waals surface area (Å²) >= 11 is -0.931. The number of rotatable bonds is 0. The Morgan fingerprint density at radius 2 is 1.44 bits per heavy atom. The minimum atomic E-state index is -0.931. The quantitative estimate of drug-likeness (QED) is 0.556. The minimum absolute atomic E-state index is 0.931. The van der Waals surface area contributed by atoms with Crippen LogP contribution in [0.15, 0.2) is 0 Å². The summed E-state index contributed by atoms with van der Waals surface area (Å²) < 4.78 is 0. The average molecular weight is 225 g/mol. The van der Waals surface area contributed by atoms with E-state index in [2.05, 4.69) is 6.42 Å². The zero-order valence-corrected chi connectivity index (χ0v) is 10.1. The summed E-state index contributed by atoms with van der Waals surface area (Å²) in [5.74, 6) is 0. The molecule has 0 spiro atoms. The fourth-order valence-corrected chi connectivity index (χ4v) is 0.898. The Labute approximate surface area is 73.1 Å². The number of hydrogen-bond donors (Lipinski definition) is 0. The normalized spacial score (nSPS) is 17.6. The van der Waals surface area contributed by atoms with Crippen LogP contribution in [0.5, 0.6) is 0 Å². The first-order valence-corrected chi connectivity index (χ1v) is 11.1. The van der Waals surface area contributed by atoms with Crippen molar-refractivity contribution in [2.75, 3.05) is 0 Å². The van der Waals surface area contributed by atoms with Gasteiger partial charge in [-0.1, -0.05) is 32.1 Å². The van der Waals surface area contributed by atoms with E-state index in [0.717, 1.165) is 0 Å². The molecule has 0 amide bonds. The molecule has 0 bridgehead atoms. The summed E-state index contributed by atoms with van der Waals surface area (Å²) in [4.78, 5) is 0. The van der Waals surface area contributed by atoms with Gasteiger partial charge in [0.25, 0.3) is 0 Å². The first-order chi connectivity index (χ1) is 4.41. The molecular formula is C6H12Cl2Ga. The van der Waals surface area contributed by atoms with Crippen LogP contribution in [-0.2, 0) is 0 Å². The molecule has 1 rings (SSSR count). The maximum absolute atomic E-state index is 4.95. The van der Waals surface area contributed by atoms with E-state index in [9.17, 15) is 0 Å². The topological polar surface area (TPSA) is 0 Å². The molecule has 0 aliphatic heterocycles. The predicted octanol–water partition coefficient (Wildman–Crippen LogP) is 2.89. The Kier molecular flexibility index (Phi) is 10.5. The van der Waals surface area contributed by atoms with E-state index < -0.39 is 15.4 Å². The second-order valence-corrected chi connectivity index (χ2v) is 6.65. The van der Waals surface area contributed by atoms with Gasteiger partial charge >= 0.3 is 34.7 Å².